The molecule has 4 rings (SSSR count). The highest BCUT2D eigenvalue weighted by Crippen LogP contribution is 2.27. The average Bonchev–Trinajstić information content (AvgIpc) is 3.25. The van der Waals surface area contributed by atoms with Crippen molar-refractivity contribution in [3.05, 3.63) is 95.7 Å². The number of rotatable bonds is 5. The molecule has 9 heteroatoms. The Balaban J connectivity index is 1.64. The summed E-state index contributed by atoms with van der Waals surface area (Å²) in [5, 5.41) is 7.43. The molecule has 2 heterocycles. The van der Waals surface area contributed by atoms with Crippen LogP contribution in [0.5, 0.6) is 0 Å². The van der Waals surface area contributed by atoms with Crippen molar-refractivity contribution in [3.63, 3.8) is 0 Å². The maximum atomic E-state index is 13.2. The predicted molar refractivity (Wildman–Crippen MR) is 117 cm³/mol. The van der Waals surface area contributed by atoms with E-state index in [1.807, 2.05) is 61.5 Å². The highest BCUT2D eigenvalue weighted by Gasteiger charge is 2.34. The molecule has 0 aliphatic heterocycles. The number of halogens is 3. The van der Waals surface area contributed by atoms with Gasteiger partial charge in [0.2, 0.25) is 5.82 Å². The number of carbonyl (C=O) groups is 1. The van der Waals surface area contributed by atoms with Gasteiger partial charge in [0, 0.05) is 29.7 Å². The summed E-state index contributed by atoms with van der Waals surface area (Å²) in [5.74, 6) is -1.64. The van der Waals surface area contributed by atoms with Crippen molar-refractivity contribution >= 4 is 5.91 Å². The first-order valence-corrected chi connectivity index (χ1v) is 10.1. The molecule has 2 aromatic heterocycles. The van der Waals surface area contributed by atoms with Crippen molar-refractivity contribution in [1.29, 1.82) is 0 Å². The smallest absolute Gasteiger partial charge is 0.345 e. The van der Waals surface area contributed by atoms with Gasteiger partial charge < -0.3 is 5.32 Å². The summed E-state index contributed by atoms with van der Waals surface area (Å²) in [6.45, 7) is 3.63. The first-order chi connectivity index (χ1) is 15.7. The summed E-state index contributed by atoms with van der Waals surface area (Å²) in [6, 6.07) is 16.4. The molecule has 0 bridgehead atoms. The minimum absolute atomic E-state index is 0.335. The van der Waals surface area contributed by atoms with E-state index in [2.05, 4.69) is 20.4 Å². The molecule has 168 valence electrons. The summed E-state index contributed by atoms with van der Waals surface area (Å²) in [6.07, 6.45) is -0.859. The van der Waals surface area contributed by atoms with Crippen LogP contribution in [0.1, 0.15) is 40.3 Å². The molecule has 0 radical (unpaired) electrons. The number of hydrogen-bond acceptors (Lipinski definition) is 4. The average molecular weight is 451 g/mol. The van der Waals surface area contributed by atoms with Crippen molar-refractivity contribution < 1.29 is 18.0 Å². The van der Waals surface area contributed by atoms with E-state index in [4.69, 9.17) is 0 Å². The van der Waals surface area contributed by atoms with Crippen molar-refractivity contribution in [3.8, 4) is 16.9 Å². The lowest BCUT2D eigenvalue weighted by molar-refractivity contribution is -0.145. The second kappa shape index (κ2) is 8.85. The van der Waals surface area contributed by atoms with Crippen LogP contribution >= 0.6 is 0 Å². The number of benzene rings is 2. The van der Waals surface area contributed by atoms with Gasteiger partial charge in [0.15, 0.2) is 0 Å². The number of nitrogens with zero attached hydrogens (tertiary/aromatic N) is 4. The van der Waals surface area contributed by atoms with Gasteiger partial charge in [-0.15, -0.1) is 0 Å². The van der Waals surface area contributed by atoms with Crippen LogP contribution in [0, 0.1) is 6.92 Å². The molecular weight excluding hydrogens is 431 g/mol. The Kier molecular flexibility index (Phi) is 5.95. The number of hydrogen-bond donors (Lipinski definition) is 1. The topological polar surface area (TPSA) is 72.7 Å². The number of amides is 1. The van der Waals surface area contributed by atoms with E-state index in [0.717, 1.165) is 29.2 Å². The Bertz CT molecular complexity index is 1250. The Morgan fingerprint density at radius 3 is 2.24 bits per heavy atom. The van der Waals surface area contributed by atoms with Gasteiger partial charge in [-0.25, -0.2) is 14.6 Å². The van der Waals surface area contributed by atoms with Gasteiger partial charge in [-0.3, -0.25) is 4.79 Å². The van der Waals surface area contributed by atoms with Crippen molar-refractivity contribution in [2.24, 2.45) is 0 Å². The molecule has 1 atom stereocenters. The Labute approximate surface area is 188 Å². The van der Waals surface area contributed by atoms with E-state index in [1.165, 1.54) is 0 Å². The fraction of sp³-hybridized carbons (Fsp3) is 0.167. The fourth-order valence-electron chi connectivity index (χ4n) is 3.24. The molecule has 0 saturated heterocycles. The Morgan fingerprint density at radius 1 is 1.00 bits per heavy atom. The third kappa shape index (κ3) is 4.92. The number of aryl methyl sites for hydroxylation is 1. The van der Waals surface area contributed by atoms with Gasteiger partial charge in [0.05, 0.1) is 17.3 Å². The molecule has 1 N–H and O–H groups in total. The molecule has 0 aliphatic carbocycles. The Morgan fingerprint density at radius 2 is 1.64 bits per heavy atom. The molecule has 0 spiro atoms. The van der Waals surface area contributed by atoms with Crippen LogP contribution < -0.4 is 5.32 Å². The van der Waals surface area contributed by atoms with E-state index >= 15 is 0 Å². The summed E-state index contributed by atoms with van der Waals surface area (Å²) in [5.41, 5.74) is 3.83. The molecule has 4 aromatic rings. The van der Waals surface area contributed by atoms with Crippen LogP contribution in [0.15, 0.2) is 73.2 Å². The largest absolute Gasteiger partial charge is 0.451 e. The van der Waals surface area contributed by atoms with E-state index in [9.17, 15) is 18.0 Å². The SMILES string of the molecule is Cc1ccc(-n2cc(C(=O)N[C@H](C)c3cnc(C(F)(F)F)nc3)c(-c3ccccc3)n2)cc1. The van der Waals surface area contributed by atoms with Crippen LogP contribution in [-0.2, 0) is 6.18 Å². The molecule has 0 fully saturated rings. The van der Waals surface area contributed by atoms with Gasteiger partial charge >= 0.3 is 6.18 Å². The van der Waals surface area contributed by atoms with E-state index < -0.39 is 23.9 Å². The lowest BCUT2D eigenvalue weighted by atomic mass is 10.1. The maximum Gasteiger partial charge on any atom is 0.451 e. The standard InChI is InChI=1S/C24H20F3N5O/c1-15-8-10-19(11-9-15)32-14-20(21(31-32)17-6-4-3-5-7-17)22(33)30-16(2)18-12-28-23(29-13-18)24(25,26)27/h3-14,16H,1-2H3,(H,30,33)/t16-/m1/s1. The molecule has 33 heavy (non-hydrogen) atoms. The summed E-state index contributed by atoms with van der Waals surface area (Å²) < 4.78 is 39.8. The lowest BCUT2D eigenvalue weighted by Crippen LogP contribution is -2.27. The van der Waals surface area contributed by atoms with Crippen LogP contribution in [0.25, 0.3) is 16.9 Å². The van der Waals surface area contributed by atoms with Crippen molar-refractivity contribution in [2.45, 2.75) is 26.1 Å². The van der Waals surface area contributed by atoms with E-state index in [-0.39, 0.29) is 0 Å². The monoisotopic (exact) mass is 451 g/mol. The number of aromatic nitrogens is 4. The molecular formula is C24H20F3N5O. The van der Waals surface area contributed by atoms with Crippen LogP contribution in [-0.4, -0.2) is 25.7 Å². The molecule has 0 unspecified atom stereocenters. The highest BCUT2D eigenvalue weighted by molar-refractivity contribution is 6.00. The maximum absolute atomic E-state index is 13.2. The molecule has 1 amide bonds. The van der Waals surface area contributed by atoms with Crippen LogP contribution in [0.2, 0.25) is 0 Å². The first-order valence-electron chi connectivity index (χ1n) is 10.1. The third-order valence-electron chi connectivity index (χ3n) is 5.08. The summed E-state index contributed by atoms with van der Waals surface area (Å²) in [7, 11) is 0. The van der Waals surface area contributed by atoms with Crippen molar-refractivity contribution in [1.82, 2.24) is 25.1 Å². The highest BCUT2D eigenvalue weighted by atomic mass is 19.4. The number of alkyl halides is 3. The van der Waals surface area contributed by atoms with Crippen LogP contribution in [0.3, 0.4) is 0 Å². The normalized spacial score (nSPS) is 12.4. The number of carbonyl (C=O) groups excluding carboxylic acids is 1. The van der Waals surface area contributed by atoms with E-state index in [0.29, 0.717) is 16.8 Å². The van der Waals surface area contributed by atoms with E-state index in [1.54, 1.807) is 17.8 Å². The van der Waals surface area contributed by atoms with Gasteiger partial charge in [-0.2, -0.15) is 18.3 Å². The molecule has 6 nitrogen and oxygen atoms in total. The minimum Gasteiger partial charge on any atom is -0.345 e. The van der Waals surface area contributed by atoms with Gasteiger partial charge in [-0.1, -0.05) is 48.0 Å². The van der Waals surface area contributed by atoms with Gasteiger partial charge in [0.25, 0.3) is 5.91 Å². The fourth-order valence-corrected chi connectivity index (χ4v) is 3.24. The third-order valence-corrected chi connectivity index (χ3v) is 5.08. The Hall–Kier alpha value is -4.01. The zero-order valence-corrected chi connectivity index (χ0v) is 17.8. The second-order valence-corrected chi connectivity index (χ2v) is 7.57. The van der Waals surface area contributed by atoms with Crippen molar-refractivity contribution in [2.75, 3.05) is 0 Å². The minimum atomic E-state index is -4.62. The quantitative estimate of drug-likeness (QED) is 0.456. The zero-order valence-electron chi connectivity index (χ0n) is 17.8. The van der Waals surface area contributed by atoms with Gasteiger partial charge in [0.1, 0.15) is 5.69 Å². The summed E-state index contributed by atoms with van der Waals surface area (Å²) in [4.78, 5) is 19.9. The molecule has 0 aliphatic rings. The summed E-state index contributed by atoms with van der Waals surface area (Å²) >= 11 is 0. The van der Waals surface area contributed by atoms with Gasteiger partial charge in [-0.05, 0) is 26.0 Å². The lowest BCUT2D eigenvalue weighted by Gasteiger charge is -2.14. The first kappa shape index (κ1) is 22.2. The zero-order chi connectivity index (χ0) is 23.6. The predicted octanol–water partition coefficient (Wildman–Crippen LogP) is 5.15. The van der Waals surface area contributed by atoms with Crippen LogP contribution in [0.4, 0.5) is 13.2 Å². The number of nitrogens with one attached hydrogen (secondary N) is 1. The molecule has 0 saturated carbocycles. The molecule has 2 aromatic carbocycles. The second-order valence-electron chi connectivity index (χ2n) is 7.57.